The molecule has 19 heavy (non-hydrogen) atoms. The quantitative estimate of drug-likeness (QED) is 0.661. The second-order valence-corrected chi connectivity index (χ2v) is 6.90. The lowest BCUT2D eigenvalue weighted by Crippen LogP contribution is -2.31. The molecule has 0 radical (unpaired) electrons. The summed E-state index contributed by atoms with van der Waals surface area (Å²) in [7, 11) is 0.508. The highest BCUT2D eigenvalue weighted by molar-refractivity contribution is 7.83. The van der Waals surface area contributed by atoms with E-state index in [9.17, 15) is 13.2 Å². The van der Waals surface area contributed by atoms with Crippen molar-refractivity contribution in [1.29, 1.82) is 0 Å². The highest BCUT2D eigenvalue weighted by atomic mass is 32.2. The standard InChI is InChI=1S/C8H12N6O3S2/c1-12(2)19(17)7-6-10-11-14(5-18(3)16)8(15)13(6)4-9-7/h4H,5H2,1-3H3. The minimum absolute atomic E-state index is 0.0495. The van der Waals surface area contributed by atoms with Gasteiger partial charge in [0.15, 0.2) is 5.03 Å². The molecule has 2 heterocycles. The van der Waals surface area contributed by atoms with Crippen LogP contribution in [0.25, 0.3) is 5.65 Å². The first kappa shape index (κ1) is 14.0. The average Bonchev–Trinajstić information content (AvgIpc) is 2.75. The number of imidazole rings is 1. The van der Waals surface area contributed by atoms with Crippen molar-refractivity contribution in [2.45, 2.75) is 10.9 Å². The van der Waals surface area contributed by atoms with E-state index in [1.807, 2.05) is 0 Å². The maximum atomic E-state index is 12.0. The fraction of sp³-hybridized carbons (Fsp3) is 0.500. The summed E-state index contributed by atoms with van der Waals surface area (Å²) in [4.78, 5) is 15.9. The van der Waals surface area contributed by atoms with Gasteiger partial charge in [0.1, 0.15) is 23.2 Å². The molecule has 104 valence electrons. The number of rotatable bonds is 4. The lowest BCUT2D eigenvalue weighted by molar-refractivity contribution is 0.579. The molecular formula is C8H12N6O3S2. The van der Waals surface area contributed by atoms with E-state index in [-0.39, 0.29) is 16.5 Å². The first-order valence-electron chi connectivity index (χ1n) is 5.12. The summed E-state index contributed by atoms with van der Waals surface area (Å²) in [6.07, 6.45) is 2.69. The van der Waals surface area contributed by atoms with Gasteiger partial charge in [0.25, 0.3) is 0 Å². The lowest BCUT2D eigenvalue weighted by Gasteiger charge is -2.06. The monoisotopic (exact) mass is 304 g/mol. The van der Waals surface area contributed by atoms with Crippen LogP contribution >= 0.6 is 0 Å². The van der Waals surface area contributed by atoms with Gasteiger partial charge in [0.2, 0.25) is 5.65 Å². The second kappa shape index (κ2) is 5.27. The van der Waals surface area contributed by atoms with Crippen LogP contribution < -0.4 is 5.69 Å². The largest absolute Gasteiger partial charge is 0.353 e. The SMILES string of the molecule is CN(C)S(=O)c1ncn2c(=O)n(CS(C)=O)nnc12. The third kappa shape index (κ3) is 2.62. The van der Waals surface area contributed by atoms with Crippen molar-refractivity contribution in [2.24, 2.45) is 0 Å². The molecule has 0 N–H and O–H groups in total. The van der Waals surface area contributed by atoms with E-state index >= 15 is 0 Å². The molecule has 0 fully saturated rings. The molecule has 2 atom stereocenters. The van der Waals surface area contributed by atoms with Crippen molar-refractivity contribution < 1.29 is 8.42 Å². The molecule has 2 aromatic rings. The van der Waals surface area contributed by atoms with Crippen LogP contribution in [0.1, 0.15) is 0 Å². The zero-order valence-corrected chi connectivity index (χ0v) is 12.1. The van der Waals surface area contributed by atoms with Gasteiger partial charge < -0.3 is 0 Å². The Morgan fingerprint density at radius 1 is 1.37 bits per heavy atom. The molecule has 0 aromatic carbocycles. The Morgan fingerprint density at radius 2 is 2.05 bits per heavy atom. The van der Waals surface area contributed by atoms with Crippen molar-refractivity contribution in [1.82, 2.24) is 28.7 Å². The molecule has 0 amide bonds. The molecule has 0 bridgehead atoms. The maximum absolute atomic E-state index is 12.0. The zero-order valence-electron chi connectivity index (χ0n) is 10.5. The summed E-state index contributed by atoms with van der Waals surface area (Å²) >= 11 is 0. The first-order valence-corrected chi connectivity index (χ1v) is 7.95. The first-order chi connectivity index (χ1) is 8.91. The van der Waals surface area contributed by atoms with Crippen molar-refractivity contribution in [2.75, 3.05) is 20.4 Å². The van der Waals surface area contributed by atoms with E-state index in [2.05, 4.69) is 15.3 Å². The molecule has 11 heteroatoms. The molecule has 0 aliphatic rings. The summed E-state index contributed by atoms with van der Waals surface area (Å²) in [5.74, 6) is -0.0495. The van der Waals surface area contributed by atoms with E-state index in [0.29, 0.717) is 0 Å². The second-order valence-electron chi connectivity index (χ2n) is 3.88. The molecule has 0 aliphatic heterocycles. The Balaban J connectivity index is 2.59. The van der Waals surface area contributed by atoms with Gasteiger partial charge in [0.05, 0.1) is 0 Å². The third-order valence-electron chi connectivity index (χ3n) is 2.19. The van der Waals surface area contributed by atoms with Crippen molar-refractivity contribution in [3.8, 4) is 0 Å². The predicted molar refractivity (Wildman–Crippen MR) is 69.2 cm³/mol. The average molecular weight is 304 g/mol. The highest BCUT2D eigenvalue weighted by Gasteiger charge is 2.18. The summed E-state index contributed by atoms with van der Waals surface area (Å²) in [5.41, 5.74) is -0.384. The van der Waals surface area contributed by atoms with Gasteiger partial charge in [-0.3, -0.25) is 4.21 Å². The fourth-order valence-electron chi connectivity index (χ4n) is 1.36. The summed E-state index contributed by atoms with van der Waals surface area (Å²) < 4.78 is 26.6. The number of aromatic nitrogens is 5. The minimum Gasteiger partial charge on any atom is -0.258 e. The van der Waals surface area contributed by atoms with Crippen LogP contribution in [0.5, 0.6) is 0 Å². The van der Waals surface area contributed by atoms with Crippen LogP contribution in [0.4, 0.5) is 0 Å². The predicted octanol–water partition coefficient (Wildman–Crippen LogP) is -1.79. The molecule has 2 unspecified atom stereocenters. The topological polar surface area (TPSA) is 102 Å². The van der Waals surface area contributed by atoms with Gasteiger partial charge in [-0.1, -0.05) is 5.21 Å². The van der Waals surface area contributed by atoms with E-state index in [0.717, 1.165) is 9.08 Å². The summed E-state index contributed by atoms with van der Waals surface area (Å²) in [6, 6.07) is 0. The molecule has 0 spiro atoms. The zero-order chi connectivity index (χ0) is 14.2. The van der Waals surface area contributed by atoms with Gasteiger partial charge in [-0.25, -0.2) is 22.7 Å². The van der Waals surface area contributed by atoms with Gasteiger partial charge in [-0.2, -0.15) is 4.68 Å². The molecule has 0 saturated heterocycles. The molecule has 9 nitrogen and oxygen atoms in total. The van der Waals surface area contributed by atoms with E-state index < -0.39 is 27.5 Å². The van der Waals surface area contributed by atoms with Crippen molar-refractivity contribution >= 4 is 27.4 Å². The number of fused-ring (bicyclic) bond motifs is 1. The van der Waals surface area contributed by atoms with Gasteiger partial charge in [0, 0.05) is 17.1 Å². The molecule has 2 aromatic heterocycles. The Hall–Kier alpha value is -1.46. The minimum atomic E-state index is -1.51. The van der Waals surface area contributed by atoms with Crippen LogP contribution in [0.2, 0.25) is 0 Å². The normalized spacial score (nSPS) is 14.9. The van der Waals surface area contributed by atoms with Crippen molar-refractivity contribution in [3.05, 3.63) is 16.8 Å². The number of nitrogens with zero attached hydrogens (tertiary/aromatic N) is 6. The van der Waals surface area contributed by atoms with E-state index in [1.165, 1.54) is 16.9 Å². The number of hydrogen-bond donors (Lipinski definition) is 0. The molecule has 2 rings (SSSR count). The third-order valence-corrected chi connectivity index (χ3v) is 4.08. The Labute approximate surface area is 113 Å². The highest BCUT2D eigenvalue weighted by Crippen LogP contribution is 2.09. The van der Waals surface area contributed by atoms with Crippen LogP contribution in [-0.2, 0) is 27.7 Å². The van der Waals surface area contributed by atoms with Crippen LogP contribution in [0.15, 0.2) is 16.1 Å². The molecule has 0 saturated carbocycles. The van der Waals surface area contributed by atoms with Crippen LogP contribution in [0, 0.1) is 0 Å². The fourth-order valence-corrected chi connectivity index (χ4v) is 2.65. The smallest absolute Gasteiger partial charge is 0.258 e. The van der Waals surface area contributed by atoms with Crippen LogP contribution in [0.3, 0.4) is 0 Å². The van der Waals surface area contributed by atoms with Gasteiger partial charge >= 0.3 is 5.69 Å². The molecular weight excluding hydrogens is 292 g/mol. The van der Waals surface area contributed by atoms with Gasteiger partial charge in [-0.15, -0.1) is 5.10 Å². The molecule has 0 aliphatic carbocycles. The maximum Gasteiger partial charge on any atom is 0.353 e. The Morgan fingerprint density at radius 3 is 2.63 bits per heavy atom. The van der Waals surface area contributed by atoms with Crippen LogP contribution in [-0.4, -0.2) is 57.5 Å². The Kier molecular flexibility index (Phi) is 3.87. The Bertz CT molecular complexity index is 721. The van der Waals surface area contributed by atoms with E-state index in [1.54, 1.807) is 14.1 Å². The summed E-state index contributed by atoms with van der Waals surface area (Å²) in [6.45, 7) is 0. The number of hydrogen-bond acceptors (Lipinski definition) is 6. The lowest BCUT2D eigenvalue weighted by atomic mass is 10.8. The van der Waals surface area contributed by atoms with E-state index in [4.69, 9.17) is 0 Å². The summed E-state index contributed by atoms with van der Waals surface area (Å²) in [5, 5.41) is 7.65. The van der Waals surface area contributed by atoms with Crippen molar-refractivity contribution in [3.63, 3.8) is 0 Å². The van der Waals surface area contributed by atoms with Gasteiger partial charge in [-0.05, 0) is 14.1 Å².